The lowest BCUT2D eigenvalue weighted by atomic mass is 10.2. The number of rotatable bonds is 5. The van der Waals surface area contributed by atoms with Crippen molar-refractivity contribution in [2.24, 2.45) is 0 Å². The first-order valence-corrected chi connectivity index (χ1v) is 7.77. The SMILES string of the molecule is CCCNC(=S)Nc1ccn(Cc2c(Cl)cccc2Cl)n1. The second-order valence-electron chi connectivity index (χ2n) is 4.48. The molecule has 0 radical (unpaired) electrons. The van der Waals surface area contributed by atoms with Gasteiger partial charge in [0.05, 0.1) is 6.54 Å². The Balaban J connectivity index is 2.02. The van der Waals surface area contributed by atoms with Crippen molar-refractivity contribution in [1.82, 2.24) is 15.1 Å². The van der Waals surface area contributed by atoms with Crippen LogP contribution in [-0.4, -0.2) is 21.4 Å². The van der Waals surface area contributed by atoms with Gasteiger partial charge in [0.25, 0.3) is 0 Å². The zero-order valence-corrected chi connectivity index (χ0v) is 13.9. The Morgan fingerprint density at radius 3 is 2.67 bits per heavy atom. The number of thiocarbonyl (C=S) groups is 1. The lowest BCUT2D eigenvalue weighted by Gasteiger charge is -2.08. The summed E-state index contributed by atoms with van der Waals surface area (Å²) in [6.07, 6.45) is 2.87. The highest BCUT2D eigenvalue weighted by Crippen LogP contribution is 2.25. The minimum atomic E-state index is 0.509. The van der Waals surface area contributed by atoms with Gasteiger partial charge >= 0.3 is 0 Å². The molecule has 21 heavy (non-hydrogen) atoms. The van der Waals surface area contributed by atoms with Crippen molar-refractivity contribution in [3.8, 4) is 0 Å². The van der Waals surface area contributed by atoms with E-state index in [0.717, 1.165) is 18.5 Å². The molecule has 0 aliphatic carbocycles. The number of benzene rings is 1. The average Bonchev–Trinajstić information content (AvgIpc) is 2.88. The molecule has 2 rings (SSSR count). The predicted octanol–water partition coefficient (Wildman–Crippen LogP) is 3.93. The topological polar surface area (TPSA) is 41.9 Å². The van der Waals surface area contributed by atoms with Gasteiger partial charge in [0.15, 0.2) is 10.9 Å². The normalized spacial score (nSPS) is 10.4. The average molecular weight is 343 g/mol. The number of nitrogens with one attached hydrogen (secondary N) is 2. The monoisotopic (exact) mass is 342 g/mol. The quantitative estimate of drug-likeness (QED) is 0.807. The third kappa shape index (κ3) is 4.59. The summed E-state index contributed by atoms with van der Waals surface area (Å²) in [7, 11) is 0. The minimum absolute atomic E-state index is 0.509. The Morgan fingerprint density at radius 2 is 2.00 bits per heavy atom. The maximum absolute atomic E-state index is 6.16. The molecule has 0 aliphatic heterocycles. The highest BCUT2D eigenvalue weighted by atomic mass is 35.5. The molecule has 112 valence electrons. The zero-order valence-electron chi connectivity index (χ0n) is 11.6. The summed E-state index contributed by atoms with van der Waals surface area (Å²) >= 11 is 17.5. The molecule has 7 heteroatoms. The summed E-state index contributed by atoms with van der Waals surface area (Å²) in [6.45, 7) is 3.43. The maximum Gasteiger partial charge on any atom is 0.171 e. The van der Waals surface area contributed by atoms with Crippen LogP contribution in [-0.2, 0) is 6.54 Å². The second-order valence-corrected chi connectivity index (χ2v) is 5.70. The molecule has 0 saturated carbocycles. The van der Waals surface area contributed by atoms with Crippen LogP contribution in [0.4, 0.5) is 5.82 Å². The number of hydrogen-bond acceptors (Lipinski definition) is 2. The van der Waals surface area contributed by atoms with Crippen molar-refractivity contribution in [1.29, 1.82) is 0 Å². The van der Waals surface area contributed by atoms with Crippen LogP contribution in [0, 0.1) is 0 Å². The van der Waals surface area contributed by atoms with Gasteiger partial charge in [0, 0.05) is 34.4 Å². The van der Waals surface area contributed by atoms with Gasteiger partial charge < -0.3 is 10.6 Å². The van der Waals surface area contributed by atoms with Gasteiger partial charge in [-0.05, 0) is 30.8 Å². The third-order valence-electron chi connectivity index (χ3n) is 2.80. The van der Waals surface area contributed by atoms with E-state index in [2.05, 4.69) is 22.7 Å². The Bertz CT molecular complexity index is 607. The molecular formula is C14H16Cl2N4S. The standard InChI is InChI=1S/C14H16Cl2N4S/c1-2-7-17-14(21)18-13-6-8-20(19-13)9-10-11(15)4-3-5-12(10)16/h3-6,8H,2,7,9H2,1H3,(H2,17,18,19,21). The molecule has 1 aromatic heterocycles. The van der Waals surface area contributed by atoms with Crippen molar-refractivity contribution in [2.75, 3.05) is 11.9 Å². The summed E-state index contributed by atoms with van der Waals surface area (Å²) < 4.78 is 1.76. The summed E-state index contributed by atoms with van der Waals surface area (Å²) in [5.41, 5.74) is 0.849. The first-order valence-electron chi connectivity index (χ1n) is 6.61. The van der Waals surface area contributed by atoms with E-state index in [0.29, 0.717) is 27.5 Å². The van der Waals surface area contributed by atoms with E-state index in [4.69, 9.17) is 35.4 Å². The molecule has 1 heterocycles. The highest BCUT2D eigenvalue weighted by molar-refractivity contribution is 7.80. The van der Waals surface area contributed by atoms with Crippen molar-refractivity contribution in [3.63, 3.8) is 0 Å². The van der Waals surface area contributed by atoms with Crippen LogP contribution >= 0.6 is 35.4 Å². The number of aromatic nitrogens is 2. The first kappa shape index (κ1) is 16.1. The van der Waals surface area contributed by atoms with Crippen molar-refractivity contribution >= 4 is 46.4 Å². The molecule has 0 atom stereocenters. The molecule has 4 nitrogen and oxygen atoms in total. The summed E-state index contributed by atoms with van der Waals surface area (Å²) in [5, 5.41) is 12.3. The molecule has 0 aliphatic rings. The van der Waals surface area contributed by atoms with Gasteiger partial charge in [-0.15, -0.1) is 0 Å². The molecule has 0 spiro atoms. The lowest BCUT2D eigenvalue weighted by Crippen LogP contribution is -2.29. The molecule has 0 fully saturated rings. The molecule has 0 saturated heterocycles. The second kappa shape index (κ2) is 7.64. The lowest BCUT2D eigenvalue weighted by molar-refractivity contribution is 0.690. The van der Waals surface area contributed by atoms with Gasteiger partial charge in [0.1, 0.15) is 0 Å². The largest absolute Gasteiger partial charge is 0.362 e. The van der Waals surface area contributed by atoms with Crippen LogP contribution in [0.25, 0.3) is 0 Å². The van der Waals surface area contributed by atoms with Gasteiger partial charge in [-0.25, -0.2) is 0 Å². The molecule has 1 aromatic carbocycles. The van der Waals surface area contributed by atoms with E-state index < -0.39 is 0 Å². The summed E-state index contributed by atoms with van der Waals surface area (Å²) in [5.74, 6) is 0.687. The van der Waals surface area contributed by atoms with E-state index in [-0.39, 0.29) is 0 Å². The van der Waals surface area contributed by atoms with Gasteiger partial charge in [-0.3, -0.25) is 4.68 Å². The van der Waals surface area contributed by atoms with E-state index in [9.17, 15) is 0 Å². The molecule has 2 aromatic rings. The van der Waals surface area contributed by atoms with Gasteiger partial charge in [0.2, 0.25) is 0 Å². The molecule has 0 amide bonds. The number of hydrogen-bond donors (Lipinski definition) is 2. The number of nitrogens with zero attached hydrogens (tertiary/aromatic N) is 2. The minimum Gasteiger partial charge on any atom is -0.362 e. The fourth-order valence-electron chi connectivity index (χ4n) is 1.76. The van der Waals surface area contributed by atoms with E-state index in [1.807, 2.05) is 30.5 Å². The van der Waals surface area contributed by atoms with Crippen LogP contribution in [0.3, 0.4) is 0 Å². The molecule has 0 unspecified atom stereocenters. The van der Waals surface area contributed by atoms with Crippen molar-refractivity contribution < 1.29 is 0 Å². The smallest absolute Gasteiger partial charge is 0.171 e. The van der Waals surface area contributed by atoms with Crippen LogP contribution in [0.2, 0.25) is 10.0 Å². The maximum atomic E-state index is 6.16. The van der Waals surface area contributed by atoms with Crippen molar-refractivity contribution in [3.05, 3.63) is 46.1 Å². The molecule has 0 bridgehead atoms. The zero-order chi connectivity index (χ0) is 15.2. The Morgan fingerprint density at radius 1 is 1.29 bits per heavy atom. The Kier molecular flexibility index (Phi) is 5.85. The van der Waals surface area contributed by atoms with E-state index >= 15 is 0 Å². The van der Waals surface area contributed by atoms with Crippen LogP contribution < -0.4 is 10.6 Å². The predicted molar refractivity (Wildman–Crippen MR) is 92.3 cm³/mol. The summed E-state index contributed by atoms with van der Waals surface area (Å²) in [4.78, 5) is 0. The van der Waals surface area contributed by atoms with Crippen LogP contribution in [0.15, 0.2) is 30.5 Å². The Labute approximate surface area is 139 Å². The third-order valence-corrected chi connectivity index (χ3v) is 3.75. The van der Waals surface area contributed by atoms with E-state index in [1.165, 1.54) is 0 Å². The van der Waals surface area contributed by atoms with E-state index in [1.54, 1.807) is 4.68 Å². The molecular weight excluding hydrogens is 327 g/mol. The number of anilines is 1. The fourth-order valence-corrected chi connectivity index (χ4v) is 2.48. The van der Waals surface area contributed by atoms with Crippen molar-refractivity contribution in [2.45, 2.75) is 19.9 Å². The van der Waals surface area contributed by atoms with Crippen LogP contribution in [0.5, 0.6) is 0 Å². The fraction of sp³-hybridized carbons (Fsp3) is 0.286. The summed E-state index contributed by atoms with van der Waals surface area (Å²) in [6, 6.07) is 7.30. The van der Waals surface area contributed by atoms with Gasteiger partial charge in [-0.1, -0.05) is 36.2 Å². The Hall–Kier alpha value is -1.30. The highest BCUT2D eigenvalue weighted by Gasteiger charge is 2.08. The first-order chi connectivity index (χ1) is 10.1. The number of halogens is 2. The molecule has 2 N–H and O–H groups in total. The van der Waals surface area contributed by atoms with Gasteiger partial charge in [-0.2, -0.15) is 5.10 Å². The van der Waals surface area contributed by atoms with Crippen LogP contribution in [0.1, 0.15) is 18.9 Å².